The standard InChI is InChI=1S/C25H29FN2O3/c1-15(2)12-22-19(14-27-24(30)31-25(3,4)5)23(17-8-6-7-9-20(17)26)18-13-16(29)10-11-21(18)28-22/h6-11,13,15,29H,12,14H2,1-5H3,(H,27,30). The van der Waals surface area contributed by atoms with E-state index in [1.165, 1.54) is 6.07 Å². The molecule has 0 unspecified atom stereocenters. The third-order valence-electron chi connectivity index (χ3n) is 4.71. The molecule has 164 valence electrons. The maximum atomic E-state index is 14.9. The van der Waals surface area contributed by atoms with Crippen LogP contribution >= 0.6 is 0 Å². The fourth-order valence-corrected chi connectivity index (χ4v) is 3.53. The number of carbonyl (C=O) groups is 1. The van der Waals surface area contributed by atoms with E-state index in [4.69, 9.17) is 9.72 Å². The molecule has 0 atom stereocenters. The Bertz CT molecular complexity index is 1100. The van der Waals surface area contributed by atoms with E-state index < -0.39 is 11.7 Å². The van der Waals surface area contributed by atoms with E-state index in [-0.39, 0.29) is 18.1 Å². The van der Waals surface area contributed by atoms with Crippen LogP contribution in [0.2, 0.25) is 0 Å². The van der Waals surface area contributed by atoms with Crippen LogP contribution in [0.1, 0.15) is 45.9 Å². The highest BCUT2D eigenvalue weighted by Gasteiger charge is 2.22. The van der Waals surface area contributed by atoms with Gasteiger partial charge in [-0.2, -0.15) is 0 Å². The minimum absolute atomic E-state index is 0.0644. The maximum Gasteiger partial charge on any atom is 0.407 e. The zero-order valence-corrected chi connectivity index (χ0v) is 18.6. The van der Waals surface area contributed by atoms with Crippen LogP contribution in [-0.4, -0.2) is 21.8 Å². The first-order valence-corrected chi connectivity index (χ1v) is 10.4. The average molecular weight is 425 g/mol. The highest BCUT2D eigenvalue weighted by molar-refractivity contribution is 5.97. The van der Waals surface area contributed by atoms with Gasteiger partial charge >= 0.3 is 6.09 Å². The molecule has 0 aliphatic rings. The molecule has 2 aromatic carbocycles. The summed E-state index contributed by atoms with van der Waals surface area (Å²) >= 11 is 0. The zero-order chi connectivity index (χ0) is 22.8. The normalized spacial score (nSPS) is 11.7. The van der Waals surface area contributed by atoms with Crippen LogP contribution in [0.4, 0.5) is 9.18 Å². The lowest BCUT2D eigenvalue weighted by Crippen LogP contribution is -2.32. The number of carbonyl (C=O) groups excluding carboxylic acids is 1. The first-order chi connectivity index (χ1) is 14.5. The van der Waals surface area contributed by atoms with Gasteiger partial charge in [-0.3, -0.25) is 4.98 Å². The van der Waals surface area contributed by atoms with Crippen molar-refractivity contribution in [3.8, 4) is 16.9 Å². The molecule has 0 saturated carbocycles. The van der Waals surface area contributed by atoms with E-state index in [0.717, 1.165) is 5.69 Å². The molecular weight excluding hydrogens is 395 g/mol. The molecule has 1 heterocycles. The van der Waals surface area contributed by atoms with E-state index in [2.05, 4.69) is 19.2 Å². The third-order valence-corrected chi connectivity index (χ3v) is 4.71. The Morgan fingerprint density at radius 1 is 1.19 bits per heavy atom. The number of aromatic hydroxyl groups is 1. The van der Waals surface area contributed by atoms with Crippen LogP contribution in [0.3, 0.4) is 0 Å². The number of rotatable bonds is 5. The number of amides is 1. The minimum atomic E-state index is -0.632. The minimum Gasteiger partial charge on any atom is -0.508 e. The van der Waals surface area contributed by atoms with Gasteiger partial charge in [-0.05, 0) is 57.4 Å². The number of halogens is 1. The summed E-state index contributed by atoms with van der Waals surface area (Å²) in [4.78, 5) is 17.1. The quantitative estimate of drug-likeness (QED) is 0.529. The molecule has 1 aromatic heterocycles. The zero-order valence-electron chi connectivity index (χ0n) is 18.6. The highest BCUT2D eigenvalue weighted by atomic mass is 19.1. The van der Waals surface area contributed by atoms with E-state index in [0.29, 0.717) is 39.9 Å². The number of nitrogens with one attached hydrogen (secondary N) is 1. The lowest BCUT2D eigenvalue weighted by Gasteiger charge is -2.22. The maximum absolute atomic E-state index is 14.9. The van der Waals surface area contributed by atoms with Gasteiger partial charge in [-0.1, -0.05) is 32.0 Å². The van der Waals surface area contributed by atoms with Crippen LogP contribution in [0.15, 0.2) is 42.5 Å². The molecule has 3 aromatic rings. The second kappa shape index (κ2) is 8.92. The number of nitrogens with zero attached hydrogens (tertiary/aromatic N) is 1. The van der Waals surface area contributed by atoms with Crippen molar-refractivity contribution in [2.45, 2.75) is 53.2 Å². The summed E-state index contributed by atoms with van der Waals surface area (Å²) in [5, 5.41) is 13.5. The smallest absolute Gasteiger partial charge is 0.407 e. The topological polar surface area (TPSA) is 71.5 Å². The Balaban J connectivity index is 2.22. The molecule has 0 radical (unpaired) electrons. The molecule has 5 nitrogen and oxygen atoms in total. The number of phenols is 1. The molecule has 0 fully saturated rings. The Hall–Kier alpha value is -3.15. The molecule has 6 heteroatoms. The summed E-state index contributed by atoms with van der Waals surface area (Å²) in [6, 6.07) is 11.4. The van der Waals surface area contributed by atoms with Crippen molar-refractivity contribution in [1.82, 2.24) is 10.3 Å². The summed E-state index contributed by atoms with van der Waals surface area (Å²) in [7, 11) is 0. The molecule has 0 bridgehead atoms. The molecule has 31 heavy (non-hydrogen) atoms. The van der Waals surface area contributed by atoms with Crippen molar-refractivity contribution >= 4 is 17.0 Å². The molecule has 0 spiro atoms. The van der Waals surface area contributed by atoms with Crippen molar-refractivity contribution in [3.05, 3.63) is 59.5 Å². The fraction of sp³-hybridized carbons (Fsp3) is 0.360. The Morgan fingerprint density at radius 3 is 2.55 bits per heavy atom. The summed E-state index contributed by atoms with van der Waals surface area (Å²) in [6.45, 7) is 9.66. The van der Waals surface area contributed by atoms with Crippen LogP contribution < -0.4 is 5.32 Å². The van der Waals surface area contributed by atoms with Gasteiger partial charge in [0.15, 0.2) is 0 Å². The molecule has 2 N–H and O–H groups in total. The van der Waals surface area contributed by atoms with Crippen molar-refractivity contribution < 1.29 is 19.0 Å². The summed E-state index contributed by atoms with van der Waals surface area (Å²) in [5.41, 5.74) is 2.53. The monoisotopic (exact) mass is 424 g/mol. The highest BCUT2D eigenvalue weighted by Crippen LogP contribution is 2.37. The number of ether oxygens (including phenoxy) is 1. The van der Waals surface area contributed by atoms with Crippen molar-refractivity contribution in [2.24, 2.45) is 5.92 Å². The summed E-state index contributed by atoms with van der Waals surface area (Å²) in [5.74, 6) is -0.0160. The van der Waals surface area contributed by atoms with Crippen molar-refractivity contribution in [3.63, 3.8) is 0 Å². The lowest BCUT2D eigenvalue weighted by molar-refractivity contribution is 0.0523. The largest absolute Gasteiger partial charge is 0.508 e. The van der Waals surface area contributed by atoms with Gasteiger partial charge in [-0.15, -0.1) is 0 Å². The Labute approximate surface area is 182 Å². The van der Waals surface area contributed by atoms with Gasteiger partial charge in [0.1, 0.15) is 17.2 Å². The number of hydrogen-bond donors (Lipinski definition) is 2. The van der Waals surface area contributed by atoms with Gasteiger partial charge in [-0.25, -0.2) is 9.18 Å². The second-order valence-electron chi connectivity index (χ2n) is 9.05. The number of hydrogen-bond acceptors (Lipinski definition) is 4. The average Bonchev–Trinajstić information content (AvgIpc) is 2.65. The Kier molecular flexibility index (Phi) is 6.48. The molecule has 0 aliphatic carbocycles. The first-order valence-electron chi connectivity index (χ1n) is 10.4. The first kappa shape index (κ1) is 22.5. The predicted molar refractivity (Wildman–Crippen MR) is 120 cm³/mol. The predicted octanol–water partition coefficient (Wildman–Crippen LogP) is 5.97. The van der Waals surface area contributed by atoms with E-state index in [1.807, 2.05) is 0 Å². The van der Waals surface area contributed by atoms with Gasteiger partial charge in [0, 0.05) is 34.3 Å². The summed E-state index contributed by atoms with van der Waals surface area (Å²) in [6.07, 6.45) is 0.0994. The van der Waals surface area contributed by atoms with Gasteiger partial charge in [0.05, 0.1) is 5.52 Å². The van der Waals surface area contributed by atoms with Crippen LogP contribution in [0, 0.1) is 11.7 Å². The van der Waals surface area contributed by atoms with E-state index in [1.54, 1.807) is 57.2 Å². The second-order valence-corrected chi connectivity index (χ2v) is 9.05. The number of aromatic nitrogens is 1. The molecule has 1 amide bonds. The number of benzene rings is 2. The van der Waals surface area contributed by atoms with Gasteiger partial charge in [0.2, 0.25) is 0 Å². The van der Waals surface area contributed by atoms with Crippen LogP contribution in [0.25, 0.3) is 22.0 Å². The molecular formula is C25H29FN2O3. The van der Waals surface area contributed by atoms with Crippen LogP contribution in [-0.2, 0) is 17.7 Å². The van der Waals surface area contributed by atoms with Crippen molar-refractivity contribution in [2.75, 3.05) is 0 Å². The Morgan fingerprint density at radius 2 is 1.90 bits per heavy atom. The molecule has 0 saturated heterocycles. The van der Waals surface area contributed by atoms with Gasteiger partial charge in [0.25, 0.3) is 0 Å². The number of fused-ring (bicyclic) bond motifs is 1. The van der Waals surface area contributed by atoms with Crippen LogP contribution in [0.5, 0.6) is 5.75 Å². The number of alkyl carbamates (subject to hydrolysis) is 1. The number of phenolic OH excluding ortho intramolecular Hbond substituents is 1. The SMILES string of the molecule is CC(C)Cc1nc2ccc(O)cc2c(-c2ccccc2F)c1CNC(=O)OC(C)(C)C. The third kappa shape index (κ3) is 5.51. The summed E-state index contributed by atoms with van der Waals surface area (Å²) < 4.78 is 20.3. The van der Waals surface area contributed by atoms with Gasteiger partial charge < -0.3 is 15.2 Å². The number of pyridine rings is 1. The fourth-order valence-electron chi connectivity index (χ4n) is 3.53. The van der Waals surface area contributed by atoms with E-state index >= 15 is 0 Å². The molecule has 3 rings (SSSR count). The lowest BCUT2D eigenvalue weighted by atomic mass is 9.91. The van der Waals surface area contributed by atoms with E-state index in [9.17, 15) is 14.3 Å². The molecule has 0 aliphatic heterocycles. The van der Waals surface area contributed by atoms with Crippen molar-refractivity contribution in [1.29, 1.82) is 0 Å².